The van der Waals surface area contributed by atoms with E-state index >= 15 is 0 Å². The van der Waals surface area contributed by atoms with Gasteiger partial charge < -0.3 is 0 Å². The maximum Gasteiger partial charge on any atom is 0.194 e. The van der Waals surface area contributed by atoms with Gasteiger partial charge in [-0.15, -0.1) is 0 Å². The van der Waals surface area contributed by atoms with E-state index in [0.717, 1.165) is 17.7 Å². The summed E-state index contributed by atoms with van der Waals surface area (Å²) in [5, 5.41) is 4.04. The van der Waals surface area contributed by atoms with E-state index in [9.17, 15) is 13.2 Å². The largest absolute Gasteiger partial charge is 0.233 e. The SMILES string of the molecule is Fc1cc(-n2nccc2-c2ccccc2)cc(F)c1F. The minimum Gasteiger partial charge on any atom is -0.233 e. The van der Waals surface area contributed by atoms with E-state index in [4.69, 9.17) is 0 Å². The van der Waals surface area contributed by atoms with E-state index in [1.165, 1.54) is 10.9 Å². The molecule has 1 heterocycles. The monoisotopic (exact) mass is 274 g/mol. The molecule has 5 heteroatoms. The molecule has 2 nitrogen and oxygen atoms in total. The van der Waals surface area contributed by atoms with E-state index in [2.05, 4.69) is 5.10 Å². The Hall–Kier alpha value is -2.56. The van der Waals surface area contributed by atoms with Crippen LogP contribution in [0, 0.1) is 17.5 Å². The summed E-state index contributed by atoms with van der Waals surface area (Å²) < 4.78 is 41.0. The molecule has 0 amide bonds. The second-order valence-corrected chi connectivity index (χ2v) is 4.22. The average molecular weight is 274 g/mol. The first kappa shape index (κ1) is 12.5. The molecule has 0 aliphatic carbocycles. The Morgan fingerprint density at radius 3 is 2.15 bits per heavy atom. The third-order valence-electron chi connectivity index (χ3n) is 2.93. The summed E-state index contributed by atoms with van der Waals surface area (Å²) >= 11 is 0. The molecule has 0 atom stereocenters. The summed E-state index contributed by atoms with van der Waals surface area (Å²) in [6.07, 6.45) is 1.52. The second kappa shape index (κ2) is 4.85. The quantitative estimate of drug-likeness (QED) is 0.647. The predicted molar refractivity (Wildman–Crippen MR) is 68.9 cm³/mol. The van der Waals surface area contributed by atoms with Gasteiger partial charge in [-0.05, 0) is 6.07 Å². The highest BCUT2D eigenvalue weighted by Gasteiger charge is 2.14. The highest BCUT2D eigenvalue weighted by molar-refractivity contribution is 5.61. The Morgan fingerprint density at radius 2 is 1.50 bits per heavy atom. The molecule has 0 unspecified atom stereocenters. The minimum absolute atomic E-state index is 0.130. The van der Waals surface area contributed by atoms with Crippen LogP contribution in [0.15, 0.2) is 54.7 Å². The zero-order valence-corrected chi connectivity index (χ0v) is 10.2. The normalized spacial score (nSPS) is 10.8. The summed E-state index contributed by atoms with van der Waals surface area (Å²) in [5.74, 6) is -3.97. The lowest BCUT2D eigenvalue weighted by molar-refractivity contribution is 0.446. The molecule has 0 aliphatic rings. The van der Waals surface area contributed by atoms with Crippen LogP contribution in [0.25, 0.3) is 16.9 Å². The molecule has 0 aliphatic heterocycles. The van der Waals surface area contributed by atoms with Crippen molar-refractivity contribution in [2.24, 2.45) is 0 Å². The predicted octanol–water partition coefficient (Wildman–Crippen LogP) is 3.96. The van der Waals surface area contributed by atoms with Gasteiger partial charge in [0.15, 0.2) is 17.5 Å². The van der Waals surface area contributed by atoms with E-state index in [1.54, 1.807) is 6.07 Å². The number of aromatic nitrogens is 2. The van der Waals surface area contributed by atoms with Gasteiger partial charge in [0.1, 0.15) is 0 Å². The molecule has 0 saturated carbocycles. The minimum atomic E-state index is -1.48. The van der Waals surface area contributed by atoms with Crippen LogP contribution in [0.2, 0.25) is 0 Å². The maximum absolute atomic E-state index is 13.3. The van der Waals surface area contributed by atoms with Crippen LogP contribution in [0.3, 0.4) is 0 Å². The first-order valence-electron chi connectivity index (χ1n) is 5.91. The van der Waals surface area contributed by atoms with Gasteiger partial charge in [0, 0.05) is 17.7 Å². The lowest BCUT2D eigenvalue weighted by Gasteiger charge is -2.08. The first-order chi connectivity index (χ1) is 9.66. The van der Waals surface area contributed by atoms with E-state index < -0.39 is 17.5 Å². The van der Waals surface area contributed by atoms with Gasteiger partial charge in [-0.1, -0.05) is 30.3 Å². The fourth-order valence-electron chi connectivity index (χ4n) is 2.00. The number of hydrogen-bond donors (Lipinski definition) is 0. The Bertz CT molecular complexity index is 728. The van der Waals surface area contributed by atoms with Crippen molar-refractivity contribution in [2.75, 3.05) is 0 Å². The lowest BCUT2D eigenvalue weighted by atomic mass is 10.1. The molecule has 20 heavy (non-hydrogen) atoms. The molecule has 3 rings (SSSR count). The standard InChI is InChI=1S/C15H9F3N2/c16-12-8-11(9-13(17)15(12)18)20-14(6-7-19-20)10-4-2-1-3-5-10/h1-9H. The van der Waals surface area contributed by atoms with Gasteiger partial charge in [0.25, 0.3) is 0 Å². The van der Waals surface area contributed by atoms with Gasteiger partial charge in [-0.2, -0.15) is 5.10 Å². The van der Waals surface area contributed by atoms with Gasteiger partial charge in [-0.25, -0.2) is 17.9 Å². The van der Waals surface area contributed by atoms with Crippen LogP contribution in [-0.4, -0.2) is 9.78 Å². The zero-order chi connectivity index (χ0) is 14.1. The Morgan fingerprint density at radius 1 is 0.850 bits per heavy atom. The number of hydrogen-bond acceptors (Lipinski definition) is 1. The lowest BCUT2D eigenvalue weighted by Crippen LogP contribution is -2.02. The molecule has 0 fully saturated rings. The van der Waals surface area contributed by atoms with Crippen molar-refractivity contribution in [3.8, 4) is 16.9 Å². The van der Waals surface area contributed by atoms with Crippen LogP contribution >= 0.6 is 0 Å². The average Bonchev–Trinajstić information content (AvgIpc) is 2.94. The van der Waals surface area contributed by atoms with Crippen molar-refractivity contribution in [3.63, 3.8) is 0 Å². The fraction of sp³-hybridized carbons (Fsp3) is 0. The Balaban J connectivity index is 2.15. The number of benzene rings is 2. The highest BCUT2D eigenvalue weighted by Crippen LogP contribution is 2.24. The zero-order valence-electron chi connectivity index (χ0n) is 10.2. The third-order valence-corrected chi connectivity index (χ3v) is 2.93. The molecule has 3 aromatic rings. The number of nitrogens with zero attached hydrogens (tertiary/aromatic N) is 2. The van der Waals surface area contributed by atoms with Gasteiger partial charge in [-0.3, -0.25) is 0 Å². The summed E-state index contributed by atoms with van der Waals surface area (Å²) in [7, 11) is 0. The second-order valence-electron chi connectivity index (χ2n) is 4.22. The summed E-state index contributed by atoms with van der Waals surface area (Å²) in [6, 6.07) is 12.8. The summed E-state index contributed by atoms with van der Waals surface area (Å²) in [5.41, 5.74) is 1.64. The number of rotatable bonds is 2. The van der Waals surface area contributed by atoms with Crippen LogP contribution in [0.1, 0.15) is 0 Å². The van der Waals surface area contributed by atoms with Crippen molar-refractivity contribution in [2.45, 2.75) is 0 Å². The molecule has 1 aromatic heterocycles. The molecule has 0 N–H and O–H groups in total. The van der Waals surface area contributed by atoms with Gasteiger partial charge in [0.05, 0.1) is 17.6 Å². The topological polar surface area (TPSA) is 17.8 Å². The molecule has 100 valence electrons. The van der Waals surface area contributed by atoms with Crippen LogP contribution in [0.5, 0.6) is 0 Å². The molecular weight excluding hydrogens is 265 g/mol. The highest BCUT2D eigenvalue weighted by atomic mass is 19.2. The molecule has 0 spiro atoms. The summed E-state index contributed by atoms with van der Waals surface area (Å²) in [4.78, 5) is 0. The van der Waals surface area contributed by atoms with Gasteiger partial charge in [0.2, 0.25) is 0 Å². The first-order valence-corrected chi connectivity index (χ1v) is 5.91. The third kappa shape index (κ3) is 2.07. The molecule has 2 aromatic carbocycles. The Kier molecular flexibility index (Phi) is 3.02. The van der Waals surface area contributed by atoms with Crippen molar-refractivity contribution in [3.05, 3.63) is 72.2 Å². The van der Waals surface area contributed by atoms with Crippen molar-refractivity contribution >= 4 is 0 Å². The molecule has 0 radical (unpaired) electrons. The van der Waals surface area contributed by atoms with E-state index in [0.29, 0.717) is 5.69 Å². The van der Waals surface area contributed by atoms with Crippen molar-refractivity contribution < 1.29 is 13.2 Å². The van der Waals surface area contributed by atoms with Crippen LogP contribution in [0.4, 0.5) is 13.2 Å². The fourth-order valence-corrected chi connectivity index (χ4v) is 2.00. The Labute approximate surface area is 113 Å². The molecule has 0 saturated heterocycles. The van der Waals surface area contributed by atoms with Crippen molar-refractivity contribution in [1.82, 2.24) is 9.78 Å². The number of halogens is 3. The van der Waals surface area contributed by atoms with E-state index in [1.807, 2.05) is 30.3 Å². The van der Waals surface area contributed by atoms with Crippen LogP contribution < -0.4 is 0 Å². The van der Waals surface area contributed by atoms with E-state index in [-0.39, 0.29) is 5.69 Å². The van der Waals surface area contributed by atoms with Crippen molar-refractivity contribution in [1.29, 1.82) is 0 Å². The molecule has 0 bridgehead atoms. The van der Waals surface area contributed by atoms with Gasteiger partial charge >= 0.3 is 0 Å². The van der Waals surface area contributed by atoms with Crippen LogP contribution in [-0.2, 0) is 0 Å². The summed E-state index contributed by atoms with van der Waals surface area (Å²) in [6.45, 7) is 0. The maximum atomic E-state index is 13.3. The smallest absolute Gasteiger partial charge is 0.194 e. The molecular formula is C15H9F3N2.